The molecule has 6 rings (SSSR count). The smallest absolute Gasteiger partial charge is 0.271 e. The van der Waals surface area contributed by atoms with Crippen LogP contribution in [-0.2, 0) is 6.42 Å². The van der Waals surface area contributed by atoms with E-state index in [2.05, 4.69) is 29.6 Å². The van der Waals surface area contributed by atoms with Crippen LogP contribution < -0.4 is 19.6 Å². The number of aryl methyl sites for hydroxylation is 1. The Morgan fingerprint density at radius 2 is 2.00 bits per heavy atom. The molecule has 0 fully saturated rings. The van der Waals surface area contributed by atoms with E-state index < -0.39 is 0 Å². The van der Waals surface area contributed by atoms with Crippen molar-refractivity contribution >= 4 is 34.4 Å². The normalized spacial score (nSPS) is 17.2. The van der Waals surface area contributed by atoms with E-state index in [1.54, 1.807) is 35.6 Å². The molecular formula is C26H20N2O3S2. The quantitative estimate of drug-likeness (QED) is 0.488. The zero-order valence-electron chi connectivity index (χ0n) is 17.8. The summed E-state index contributed by atoms with van der Waals surface area (Å²) in [6.07, 6.45) is 3.54. The molecule has 2 aromatic carbocycles. The second kappa shape index (κ2) is 7.86. The SMILES string of the molecule is COc1cccc(/C=c2\sc3n(c2=O)[C@H](c2cccs2)C2=C(N=3)c3ccccc3CC2)c1O. The molecule has 0 bridgehead atoms. The molecule has 164 valence electrons. The number of fused-ring (bicyclic) bond motifs is 3. The zero-order chi connectivity index (χ0) is 22.5. The van der Waals surface area contributed by atoms with Gasteiger partial charge in [-0.15, -0.1) is 11.3 Å². The summed E-state index contributed by atoms with van der Waals surface area (Å²) >= 11 is 3.02. The molecule has 2 aliphatic rings. The number of phenols is 1. The molecule has 2 aromatic heterocycles. The second-order valence-corrected chi connectivity index (χ2v) is 10.0. The first-order valence-corrected chi connectivity index (χ1v) is 12.4. The maximum Gasteiger partial charge on any atom is 0.271 e. The van der Waals surface area contributed by atoms with Crippen molar-refractivity contribution in [2.75, 3.05) is 7.11 Å². The minimum absolute atomic E-state index is 0.0221. The minimum atomic E-state index is -0.161. The van der Waals surface area contributed by atoms with E-state index in [1.807, 2.05) is 16.7 Å². The molecule has 33 heavy (non-hydrogen) atoms. The van der Waals surface area contributed by atoms with Crippen LogP contribution in [0.4, 0.5) is 0 Å². The number of benzene rings is 2. The Balaban J connectivity index is 1.62. The van der Waals surface area contributed by atoms with Gasteiger partial charge in [-0.1, -0.05) is 53.8 Å². The second-order valence-electron chi connectivity index (χ2n) is 8.03. The number of para-hydroxylation sites is 1. The van der Waals surface area contributed by atoms with Gasteiger partial charge < -0.3 is 9.84 Å². The van der Waals surface area contributed by atoms with Gasteiger partial charge in [0.25, 0.3) is 5.56 Å². The molecule has 3 heterocycles. The number of aromatic hydroxyl groups is 1. The van der Waals surface area contributed by atoms with Crippen molar-refractivity contribution in [1.82, 2.24) is 4.57 Å². The van der Waals surface area contributed by atoms with Gasteiger partial charge >= 0.3 is 0 Å². The van der Waals surface area contributed by atoms with Gasteiger partial charge in [-0.2, -0.15) is 0 Å². The summed E-state index contributed by atoms with van der Waals surface area (Å²) in [7, 11) is 1.51. The van der Waals surface area contributed by atoms with Crippen molar-refractivity contribution in [1.29, 1.82) is 0 Å². The van der Waals surface area contributed by atoms with Crippen LogP contribution in [0.25, 0.3) is 11.8 Å². The minimum Gasteiger partial charge on any atom is -0.504 e. The third-order valence-corrected chi connectivity index (χ3v) is 8.13. The molecule has 1 atom stereocenters. The fraction of sp³-hybridized carbons (Fsp3) is 0.154. The highest BCUT2D eigenvalue weighted by Gasteiger charge is 2.33. The number of rotatable bonds is 3. The van der Waals surface area contributed by atoms with E-state index in [-0.39, 0.29) is 17.4 Å². The monoisotopic (exact) mass is 472 g/mol. The van der Waals surface area contributed by atoms with Crippen molar-refractivity contribution in [3.63, 3.8) is 0 Å². The third kappa shape index (κ3) is 3.19. The van der Waals surface area contributed by atoms with Crippen LogP contribution in [0, 0.1) is 0 Å². The molecule has 0 saturated carbocycles. The van der Waals surface area contributed by atoms with E-state index in [0.29, 0.717) is 20.6 Å². The van der Waals surface area contributed by atoms with Crippen LogP contribution in [0.1, 0.15) is 34.0 Å². The van der Waals surface area contributed by atoms with E-state index in [1.165, 1.54) is 29.6 Å². The summed E-state index contributed by atoms with van der Waals surface area (Å²) in [5, 5.41) is 12.6. The molecule has 0 spiro atoms. The molecule has 4 aromatic rings. The Morgan fingerprint density at radius 3 is 2.82 bits per heavy atom. The Morgan fingerprint density at radius 1 is 1.12 bits per heavy atom. The average molecular weight is 473 g/mol. The van der Waals surface area contributed by atoms with Gasteiger partial charge in [0.05, 0.1) is 23.4 Å². The van der Waals surface area contributed by atoms with Crippen LogP contribution in [0.15, 0.2) is 75.3 Å². The predicted molar refractivity (Wildman–Crippen MR) is 132 cm³/mol. The van der Waals surface area contributed by atoms with Crippen LogP contribution >= 0.6 is 22.7 Å². The van der Waals surface area contributed by atoms with Gasteiger partial charge in [-0.05, 0) is 47.6 Å². The number of methoxy groups -OCH3 is 1. The highest BCUT2D eigenvalue weighted by Crippen LogP contribution is 2.42. The van der Waals surface area contributed by atoms with Gasteiger partial charge in [0.15, 0.2) is 16.3 Å². The number of hydrogen-bond acceptors (Lipinski definition) is 6. The van der Waals surface area contributed by atoms with Gasteiger partial charge in [-0.25, -0.2) is 4.99 Å². The first-order chi connectivity index (χ1) is 16.2. The summed E-state index contributed by atoms with van der Waals surface area (Å²) in [5.41, 5.74) is 5.09. The largest absolute Gasteiger partial charge is 0.504 e. The van der Waals surface area contributed by atoms with Gasteiger partial charge in [0.2, 0.25) is 0 Å². The highest BCUT2D eigenvalue weighted by atomic mass is 32.1. The number of aromatic nitrogens is 1. The number of hydrogen-bond donors (Lipinski definition) is 1. The molecular weight excluding hydrogens is 452 g/mol. The summed E-state index contributed by atoms with van der Waals surface area (Å²) in [4.78, 5) is 20.5. The molecule has 7 heteroatoms. The molecule has 0 unspecified atom stereocenters. The summed E-state index contributed by atoms with van der Waals surface area (Å²) < 4.78 is 7.58. The van der Waals surface area contributed by atoms with Crippen molar-refractivity contribution in [2.45, 2.75) is 18.9 Å². The van der Waals surface area contributed by atoms with Crippen LogP contribution in [0.3, 0.4) is 0 Å². The van der Waals surface area contributed by atoms with Gasteiger partial charge in [0.1, 0.15) is 0 Å². The van der Waals surface area contributed by atoms with Crippen molar-refractivity contribution in [3.05, 3.63) is 107 Å². The number of nitrogens with zero attached hydrogens (tertiary/aromatic N) is 2. The fourth-order valence-corrected chi connectivity index (χ4v) is 6.52. The van der Waals surface area contributed by atoms with Gasteiger partial charge in [0, 0.05) is 16.0 Å². The van der Waals surface area contributed by atoms with E-state index in [9.17, 15) is 9.90 Å². The zero-order valence-corrected chi connectivity index (χ0v) is 19.5. The first kappa shape index (κ1) is 20.2. The lowest BCUT2D eigenvalue weighted by molar-refractivity contribution is 0.373. The Labute approximate surface area is 197 Å². The number of phenolic OH excluding ortho intramolecular Hbond substituents is 1. The van der Waals surface area contributed by atoms with Crippen molar-refractivity contribution in [2.24, 2.45) is 4.99 Å². The van der Waals surface area contributed by atoms with Crippen molar-refractivity contribution in [3.8, 4) is 11.5 Å². The number of allylic oxidation sites excluding steroid dienone is 1. The Bertz CT molecular complexity index is 1590. The number of ether oxygens (including phenoxy) is 1. The molecule has 0 radical (unpaired) electrons. The lowest BCUT2D eigenvalue weighted by Crippen LogP contribution is -2.38. The summed E-state index contributed by atoms with van der Waals surface area (Å²) in [6.45, 7) is 0. The first-order valence-electron chi connectivity index (χ1n) is 10.7. The van der Waals surface area contributed by atoms with E-state index in [0.717, 1.165) is 29.0 Å². The molecule has 5 nitrogen and oxygen atoms in total. The Hall–Kier alpha value is -3.42. The molecule has 1 aliphatic heterocycles. The van der Waals surface area contributed by atoms with Crippen LogP contribution in [0.5, 0.6) is 11.5 Å². The molecule has 0 amide bonds. The average Bonchev–Trinajstić information content (AvgIpc) is 3.48. The lowest BCUT2D eigenvalue weighted by atomic mass is 9.85. The maximum atomic E-state index is 13.7. The summed E-state index contributed by atoms with van der Waals surface area (Å²) in [5.74, 6) is 0.397. The lowest BCUT2D eigenvalue weighted by Gasteiger charge is -2.30. The molecule has 1 aliphatic carbocycles. The van der Waals surface area contributed by atoms with E-state index in [4.69, 9.17) is 9.73 Å². The Kier molecular flexibility index (Phi) is 4.81. The molecule has 1 N–H and O–H groups in total. The predicted octanol–water partition coefficient (Wildman–Crippen LogP) is 4.09. The van der Waals surface area contributed by atoms with Crippen LogP contribution in [-0.4, -0.2) is 16.8 Å². The maximum absolute atomic E-state index is 13.7. The topological polar surface area (TPSA) is 63.8 Å². The third-order valence-electron chi connectivity index (χ3n) is 6.22. The number of thiazole rings is 1. The summed E-state index contributed by atoms with van der Waals surface area (Å²) in [6, 6.07) is 17.6. The standard InChI is InChI=1S/C26H20N2O3S2/c1-31-19-9-4-7-16(24(19)29)14-21-25(30)28-23(20-10-5-13-32-20)18-12-11-15-6-2-3-8-17(15)22(18)27-26(28)33-21/h2-10,13-14,23,29H,11-12H2,1H3/b21-14-/t23-/m0/s1. The fourth-order valence-electron chi connectivity index (χ4n) is 4.68. The van der Waals surface area contributed by atoms with Crippen molar-refractivity contribution < 1.29 is 9.84 Å². The van der Waals surface area contributed by atoms with Gasteiger partial charge in [-0.3, -0.25) is 9.36 Å². The van der Waals surface area contributed by atoms with Crippen LogP contribution in [0.2, 0.25) is 0 Å². The van der Waals surface area contributed by atoms with E-state index >= 15 is 0 Å². The molecule has 0 saturated heterocycles. The number of thiophene rings is 1. The highest BCUT2D eigenvalue weighted by molar-refractivity contribution is 7.10.